The molecule has 2 aromatic heterocycles. The number of nitrogens with zero attached hydrogens (tertiary/aromatic N) is 3. The summed E-state index contributed by atoms with van der Waals surface area (Å²) in [5.41, 5.74) is 15.6. The molecule has 1 saturated carbocycles. The Labute approximate surface area is 328 Å². The molecule has 0 N–H and O–H groups in total. The fourth-order valence-corrected chi connectivity index (χ4v) is 11.3. The molecule has 3 nitrogen and oxygen atoms in total. The molecule has 56 heavy (non-hydrogen) atoms. The monoisotopic (exact) mass is 723 g/mol. The van der Waals surface area contributed by atoms with E-state index in [0.29, 0.717) is 11.8 Å². The molecular weight excluding hydrogens is 679 g/mol. The van der Waals surface area contributed by atoms with Crippen LogP contribution in [0, 0.1) is 24.7 Å². The second-order valence-electron chi connectivity index (χ2n) is 16.8. The Bertz CT molecular complexity index is 3040. The number of aryl methyl sites for hydroxylation is 1. The van der Waals surface area contributed by atoms with Crippen molar-refractivity contribution in [1.29, 1.82) is 0 Å². The molecule has 1 spiro atoms. The molecule has 0 amide bonds. The van der Waals surface area contributed by atoms with Crippen molar-refractivity contribution >= 4 is 43.6 Å². The predicted octanol–water partition coefficient (Wildman–Crippen LogP) is 13.9. The van der Waals surface area contributed by atoms with E-state index < -0.39 is 0 Å². The first-order valence-corrected chi connectivity index (χ1v) is 20.5. The molecule has 2 heterocycles. The fraction of sp³-hybridized carbons (Fsp3) is 0.208. The van der Waals surface area contributed by atoms with Crippen LogP contribution >= 0.6 is 0 Å². The van der Waals surface area contributed by atoms with Gasteiger partial charge >= 0.3 is 0 Å². The Morgan fingerprint density at radius 1 is 0.607 bits per heavy atom. The Kier molecular flexibility index (Phi) is 7.42. The third kappa shape index (κ3) is 4.70. The second kappa shape index (κ2) is 12.5. The Hall–Kier alpha value is -6.06. The summed E-state index contributed by atoms with van der Waals surface area (Å²) in [4.78, 5) is 10.8. The molecule has 4 unspecified atom stereocenters. The predicted molar refractivity (Wildman–Crippen MR) is 235 cm³/mol. The van der Waals surface area contributed by atoms with Gasteiger partial charge in [0.1, 0.15) is 5.69 Å². The zero-order valence-corrected chi connectivity index (χ0v) is 32.6. The van der Waals surface area contributed by atoms with Crippen molar-refractivity contribution in [2.45, 2.75) is 52.4 Å². The van der Waals surface area contributed by atoms with Gasteiger partial charge in [0.05, 0.1) is 22.1 Å². The van der Waals surface area contributed by atoms with Crippen molar-refractivity contribution in [2.75, 3.05) is 0 Å². The average molecular weight is 724 g/mol. The smallest absolute Gasteiger partial charge is 0.165 e. The molecule has 0 bridgehead atoms. The summed E-state index contributed by atoms with van der Waals surface area (Å²) in [5.74, 6) is 2.81. The SMILES string of the molecule is CCC1CC(C)CC(C)C12c1ccccc1-c1cc(-c3ccc4c5ccc6ccccc6c5n(-c5nc6ccccc6nc5-c5cccc(C)c5)c4c3)ccc12. The number of rotatable bonds is 4. The van der Waals surface area contributed by atoms with Crippen LogP contribution in [0.15, 0.2) is 146 Å². The summed E-state index contributed by atoms with van der Waals surface area (Å²) >= 11 is 0. The third-order valence-electron chi connectivity index (χ3n) is 13.5. The van der Waals surface area contributed by atoms with Gasteiger partial charge in [-0.15, -0.1) is 0 Å². The van der Waals surface area contributed by atoms with Crippen molar-refractivity contribution in [3.05, 3.63) is 162 Å². The van der Waals surface area contributed by atoms with Crippen molar-refractivity contribution in [1.82, 2.24) is 14.5 Å². The normalized spacial score (nSPS) is 20.3. The van der Waals surface area contributed by atoms with E-state index in [1.54, 1.807) is 5.56 Å². The number of hydrogen-bond acceptors (Lipinski definition) is 2. The maximum absolute atomic E-state index is 5.48. The minimum Gasteiger partial charge on any atom is -0.291 e. The van der Waals surface area contributed by atoms with Gasteiger partial charge in [0, 0.05) is 27.1 Å². The van der Waals surface area contributed by atoms with Crippen molar-refractivity contribution in [3.8, 4) is 39.3 Å². The topological polar surface area (TPSA) is 30.7 Å². The van der Waals surface area contributed by atoms with Gasteiger partial charge in [0.25, 0.3) is 0 Å². The zero-order chi connectivity index (χ0) is 37.7. The number of fused-ring (bicyclic) bond motifs is 11. The van der Waals surface area contributed by atoms with E-state index in [1.165, 1.54) is 74.2 Å². The minimum atomic E-state index is 0.0596. The first kappa shape index (κ1) is 33.3. The largest absolute Gasteiger partial charge is 0.291 e. The molecule has 0 aliphatic heterocycles. The van der Waals surface area contributed by atoms with Crippen LogP contribution in [0.25, 0.3) is 82.9 Å². The molecule has 2 aliphatic rings. The Morgan fingerprint density at radius 2 is 1.34 bits per heavy atom. The molecule has 272 valence electrons. The first-order chi connectivity index (χ1) is 27.4. The lowest BCUT2D eigenvalue weighted by Gasteiger charge is -2.50. The summed E-state index contributed by atoms with van der Waals surface area (Å²) in [6, 6.07) is 54.0. The van der Waals surface area contributed by atoms with E-state index in [0.717, 1.165) is 45.1 Å². The number of para-hydroxylation sites is 2. The highest BCUT2D eigenvalue weighted by Gasteiger charge is 2.53. The second-order valence-corrected chi connectivity index (χ2v) is 16.8. The highest BCUT2D eigenvalue weighted by atomic mass is 15.1. The van der Waals surface area contributed by atoms with Crippen LogP contribution in [-0.2, 0) is 5.41 Å². The highest BCUT2D eigenvalue weighted by Crippen LogP contribution is 2.62. The van der Waals surface area contributed by atoms with E-state index in [1.807, 2.05) is 6.07 Å². The summed E-state index contributed by atoms with van der Waals surface area (Å²) in [6.45, 7) is 9.54. The van der Waals surface area contributed by atoms with Crippen LogP contribution in [0.3, 0.4) is 0 Å². The van der Waals surface area contributed by atoms with Gasteiger partial charge in [0.2, 0.25) is 0 Å². The summed E-state index contributed by atoms with van der Waals surface area (Å²) in [5, 5.41) is 4.83. The van der Waals surface area contributed by atoms with E-state index in [-0.39, 0.29) is 5.41 Å². The van der Waals surface area contributed by atoms with Crippen molar-refractivity contribution < 1.29 is 0 Å². The van der Waals surface area contributed by atoms with Gasteiger partial charge in [-0.1, -0.05) is 148 Å². The Morgan fingerprint density at radius 3 is 2.20 bits per heavy atom. The average Bonchev–Trinajstić information content (AvgIpc) is 3.72. The van der Waals surface area contributed by atoms with E-state index in [9.17, 15) is 0 Å². The molecule has 0 radical (unpaired) electrons. The standard InChI is InChI=1S/C53H45N3/c1-5-39-29-33(3)27-34(4)53(39)45-18-9-8-17-41(45)44-30-36(23-26-46(44)53)37-22-24-42-43-25-21-35-14-6-7-16-40(35)51(43)56(49(42)31-37)52-50(38-15-12-13-32(2)28-38)54-47-19-10-11-20-48(47)55-52/h6-26,28,30-31,33-34,39H,5,27,29H2,1-4H3. The molecule has 1 fully saturated rings. The lowest BCUT2D eigenvalue weighted by molar-refractivity contribution is 0.114. The van der Waals surface area contributed by atoms with Gasteiger partial charge in [-0.2, -0.15) is 0 Å². The summed E-state index contributed by atoms with van der Waals surface area (Å²) < 4.78 is 2.40. The van der Waals surface area contributed by atoms with Gasteiger partial charge < -0.3 is 0 Å². The summed E-state index contributed by atoms with van der Waals surface area (Å²) in [6.07, 6.45) is 3.75. The van der Waals surface area contributed by atoms with Crippen molar-refractivity contribution in [3.63, 3.8) is 0 Å². The minimum absolute atomic E-state index is 0.0596. The highest BCUT2D eigenvalue weighted by molar-refractivity contribution is 6.19. The van der Waals surface area contributed by atoms with Crippen LogP contribution in [0.5, 0.6) is 0 Å². The lowest BCUT2D eigenvalue weighted by Crippen LogP contribution is -2.45. The van der Waals surface area contributed by atoms with Gasteiger partial charge in [-0.25, -0.2) is 9.97 Å². The molecule has 11 rings (SSSR count). The maximum Gasteiger partial charge on any atom is 0.165 e. The quantitative estimate of drug-likeness (QED) is 0.181. The number of hydrogen-bond donors (Lipinski definition) is 0. The van der Waals surface area contributed by atoms with E-state index >= 15 is 0 Å². The van der Waals surface area contributed by atoms with Gasteiger partial charge in [-0.05, 0) is 107 Å². The lowest BCUT2D eigenvalue weighted by atomic mass is 9.53. The first-order valence-electron chi connectivity index (χ1n) is 20.5. The van der Waals surface area contributed by atoms with Gasteiger partial charge in [-0.3, -0.25) is 4.57 Å². The maximum atomic E-state index is 5.48. The molecule has 0 saturated heterocycles. The molecule has 9 aromatic rings. The molecule has 3 heteroatoms. The number of aromatic nitrogens is 3. The Balaban J connectivity index is 1.19. The van der Waals surface area contributed by atoms with Crippen LogP contribution < -0.4 is 0 Å². The number of benzene rings is 7. The van der Waals surface area contributed by atoms with E-state index in [2.05, 4.69) is 172 Å². The molecular formula is C53H45N3. The van der Waals surface area contributed by atoms with E-state index in [4.69, 9.17) is 9.97 Å². The van der Waals surface area contributed by atoms with Crippen LogP contribution in [0.4, 0.5) is 0 Å². The van der Waals surface area contributed by atoms with Crippen LogP contribution in [0.2, 0.25) is 0 Å². The summed E-state index contributed by atoms with van der Waals surface area (Å²) in [7, 11) is 0. The molecule has 4 atom stereocenters. The zero-order valence-electron chi connectivity index (χ0n) is 32.6. The van der Waals surface area contributed by atoms with Crippen LogP contribution in [-0.4, -0.2) is 14.5 Å². The fourth-order valence-electron chi connectivity index (χ4n) is 11.3. The van der Waals surface area contributed by atoms with Crippen molar-refractivity contribution in [2.24, 2.45) is 17.8 Å². The van der Waals surface area contributed by atoms with Crippen LogP contribution in [0.1, 0.15) is 56.7 Å². The third-order valence-corrected chi connectivity index (χ3v) is 13.5. The van der Waals surface area contributed by atoms with Gasteiger partial charge in [0.15, 0.2) is 5.82 Å². The molecule has 7 aromatic carbocycles. The molecule has 2 aliphatic carbocycles.